The van der Waals surface area contributed by atoms with E-state index in [9.17, 15) is 9.59 Å². The summed E-state index contributed by atoms with van der Waals surface area (Å²) in [4.78, 5) is 25.2. The summed E-state index contributed by atoms with van der Waals surface area (Å²) in [6.45, 7) is 3.97. The molecule has 0 aromatic rings. The molecule has 6 heteroatoms. The molecular weight excluding hydrogens is 242 g/mol. The molecule has 2 amide bonds. The van der Waals surface area contributed by atoms with Gasteiger partial charge in [0, 0.05) is 19.0 Å². The Morgan fingerprint density at radius 3 is 2.53 bits per heavy atom. The number of carbonyl (C=O) groups is 2. The van der Waals surface area contributed by atoms with Gasteiger partial charge in [-0.15, -0.1) is 12.4 Å². The smallest absolute Gasteiger partial charge is 0.239 e. The van der Waals surface area contributed by atoms with Crippen molar-refractivity contribution in [3.8, 4) is 0 Å². The van der Waals surface area contributed by atoms with E-state index in [0.29, 0.717) is 19.0 Å². The van der Waals surface area contributed by atoms with Crippen LogP contribution < -0.4 is 11.1 Å². The summed E-state index contributed by atoms with van der Waals surface area (Å²) in [5.41, 5.74) is 4.81. The molecule has 5 nitrogen and oxygen atoms in total. The van der Waals surface area contributed by atoms with Gasteiger partial charge in [0.25, 0.3) is 0 Å². The third kappa shape index (κ3) is 3.33. The fourth-order valence-corrected chi connectivity index (χ4v) is 1.94. The van der Waals surface area contributed by atoms with Gasteiger partial charge in [-0.3, -0.25) is 9.59 Å². The Hall–Kier alpha value is -0.810. The van der Waals surface area contributed by atoms with Crippen molar-refractivity contribution in [2.75, 3.05) is 6.54 Å². The molecule has 3 N–H and O–H groups in total. The molecule has 1 atom stereocenters. The second-order valence-electron chi connectivity index (χ2n) is 5.37. The van der Waals surface area contributed by atoms with E-state index in [1.165, 1.54) is 0 Å². The molecule has 17 heavy (non-hydrogen) atoms. The van der Waals surface area contributed by atoms with Crippen LogP contribution in [0.2, 0.25) is 0 Å². The SMILES string of the molecule is CC(C)(N)C(=O)NC1CC(=O)N(C2CC2)C1.Cl. The molecule has 1 saturated heterocycles. The van der Waals surface area contributed by atoms with Gasteiger partial charge in [-0.1, -0.05) is 0 Å². The van der Waals surface area contributed by atoms with Gasteiger partial charge in [-0.25, -0.2) is 0 Å². The average Bonchev–Trinajstić information content (AvgIpc) is 2.90. The standard InChI is InChI=1S/C11H19N3O2.ClH/c1-11(2,12)10(16)13-7-5-9(15)14(6-7)8-3-4-8;/h7-8H,3-6,12H2,1-2H3,(H,13,16);1H. The summed E-state index contributed by atoms with van der Waals surface area (Å²) in [5, 5.41) is 2.84. The van der Waals surface area contributed by atoms with Gasteiger partial charge in [-0.2, -0.15) is 0 Å². The van der Waals surface area contributed by atoms with Crippen LogP contribution in [0.25, 0.3) is 0 Å². The summed E-state index contributed by atoms with van der Waals surface area (Å²) in [5.74, 6) is -0.0365. The molecule has 1 aliphatic carbocycles. The van der Waals surface area contributed by atoms with Crippen LogP contribution in [-0.2, 0) is 9.59 Å². The first-order chi connectivity index (χ1) is 7.38. The highest BCUT2D eigenvalue weighted by Crippen LogP contribution is 2.30. The lowest BCUT2D eigenvalue weighted by molar-refractivity contribution is -0.128. The van der Waals surface area contributed by atoms with Gasteiger partial charge >= 0.3 is 0 Å². The number of nitrogens with zero attached hydrogens (tertiary/aromatic N) is 1. The first kappa shape index (κ1) is 14.3. The van der Waals surface area contributed by atoms with Crippen LogP contribution in [0.5, 0.6) is 0 Å². The number of rotatable bonds is 3. The van der Waals surface area contributed by atoms with Crippen molar-refractivity contribution in [1.29, 1.82) is 0 Å². The molecule has 0 aromatic carbocycles. The van der Waals surface area contributed by atoms with Crippen LogP contribution in [0.3, 0.4) is 0 Å². The summed E-state index contributed by atoms with van der Waals surface area (Å²) in [6, 6.07) is 0.365. The van der Waals surface area contributed by atoms with E-state index in [4.69, 9.17) is 5.73 Å². The summed E-state index contributed by atoms with van der Waals surface area (Å²) >= 11 is 0. The van der Waals surface area contributed by atoms with E-state index >= 15 is 0 Å². The summed E-state index contributed by atoms with van der Waals surface area (Å²) < 4.78 is 0. The Morgan fingerprint density at radius 1 is 1.47 bits per heavy atom. The number of amides is 2. The van der Waals surface area contributed by atoms with E-state index in [0.717, 1.165) is 12.8 Å². The molecule has 1 unspecified atom stereocenters. The number of halogens is 1. The molecule has 0 aromatic heterocycles. The van der Waals surface area contributed by atoms with Crippen molar-refractivity contribution in [3.63, 3.8) is 0 Å². The zero-order valence-corrected chi connectivity index (χ0v) is 11.0. The van der Waals surface area contributed by atoms with Crippen molar-refractivity contribution >= 4 is 24.2 Å². The van der Waals surface area contributed by atoms with E-state index < -0.39 is 5.54 Å². The molecule has 1 aliphatic heterocycles. The van der Waals surface area contributed by atoms with Gasteiger partial charge in [-0.05, 0) is 26.7 Å². The third-order valence-electron chi connectivity index (χ3n) is 3.07. The fraction of sp³-hybridized carbons (Fsp3) is 0.818. The van der Waals surface area contributed by atoms with Crippen LogP contribution in [0, 0.1) is 0 Å². The predicted octanol–water partition coefficient (Wildman–Crippen LogP) is 0.0250. The highest BCUT2D eigenvalue weighted by molar-refractivity contribution is 5.87. The zero-order valence-electron chi connectivity index (χ0n) is 10.2. The number of carbonyl (C=O) groups excluding carboxylic acids is 2. The molecule has 1 saturated carbocycles. The van der Waals surface area contributed by atoms with Crippen LogP contribution in [0.1, 0.15) is 33.1 Å². The van der Waals surface area contributed by atoms with Gasteiger partial charge < -0.3 is 16.0 Å². The molecule has 2 rings (SSSR count). The van der Waals surface area contributed by atoms with Gasteiger partial charge in [0.1, 0.15) is 0 Å². The van der Waals surface area contributed by atoms with Crippen LogP contribution in [0.15, 0.2) is 0 Å². The Labute approximate surface area is 108 Å². The predicted molar refractivity (Wildman–Crippen MR) is 66.8 cm³/mol. The Balaban J connectivity index is 0.00000144. The minimum absolute atomic E-state index is 0. The Bertz CT molecular complexity index is 323. The van der Waals surface area contributed by atoms with E-state index in [1.807, 2.05) is 4.90 Å². The Kier molecular flexibility index (Phi) is 4.04. The molecule has 98 valence electrons. The molecule has 0 radical (unpaired) electrons. The van der Waals surface area contributed by atoms with E-state index in [2.05, 4.69) is 5.32 Å². The molecule has 2 fully saturated rings. The van der Waals surface area contributed by atoms with E-state index in [1.54, 1.807) is 13.8 Å². The summed E-state index contributed by atoms with van der Waals surface area (Å²) in [6.07, 6.45) is 2.63. The highest BCUT2D eigenvalue weighted by Gasteiger charge is 2.40. The number of likely N-dealkylation sites (tertiary alicyclic amines) is 1. The molecule has 1 heterocycles. The molecule has 0 spiro atoms. The van der Waals surface area contributed by atoms with Gasteiger partial charge in [0.05, 0.1) is 11.6 Å². The number of nitrogens with one attached hydrogen (secondary N) is 1. The van der Waals surface area contributed by atoms with Crippen molar-refractivity contribution in [3.05, 3.63) is 0 Å². The lowest BCUT2D eigenvalue weighted by Gasteiger charge is -2.21. The van der Waals surface area contributed by atoms with Crippen LogP contribution >= 0.6 is 12.4 Å². The number of nitrogens with two attached hydrogens (primary N) is 1. The van der Waals surface area contributed by atoms with Crippen molar-refractivity contribution < 1.29 is 9.59 Å². The minimum Gasteiger partial charge on any atom is -0.349 e. The van der Waals surface area contributed by atoms with Crippen LogP contribution in [0.4, 0.5) is 0 Å². The topological polar surface area (TPSA) is 75.4 Å². The van der Waals surface area contributed by atoms with Crippen molar-refractivity contribution in [2.45, 2.75) is 50.7 Å². The lowest BCUT2D eigenvalue weighted by Crippen LogP contribution is -2.52. The van der Waals surface area contributed by atoms with E-state index in [-0.39, 0.29) is 30.3 Å². The monoisotopic (exact) mass is 261 g/mol. The molecule has 0 bridgehead atoms. The fourth-order valence-electron chi connectivity index (χ4n) is 1.94. The normalized spacial score (nSPS) is 24.5. The second-order valence-corrected chi connectivity index (χ2v) is 5.37. The highest BCUT2D eigenvalue weighted by atomic mass is 35.5. The van der Waals surface area contributed by atoms with Gasteiger partial charge in [0.15, 0.2) is 0 Å². The minimum atomic E-state index is -0.879. The average molecular weight is 262 g/mol. The second kappa shape index (κ2) is 4.82. The lowest BCUT2D eigenvalue weighted by atomic mass is 10.1. The maximum Gasteiger partial charge on any atom is 0.239 e. The third-order valence-corrected chi connectivity index (χ3v) is 3.07. The largest absolute Gasteiger partial charge is 0.349 e. The first-order valence-corrected chi connectivity index (χ1v) is 5.77. The van der Waals surface area contributed by atoms with Gasteiger partial charge in [0.2, 0.25) is 11.8 Å². The maximum atomic E-state index is 11.7. The van der Waals surface area contributed by atoms with Crippen LogP contribution in [-0.4, -0.2) is 40.9 Å². The Morgan fingerprint density at radius 2 is 2.06 bits per heavy atom. The molecular formula is C11H20ClN3O2. The maximum absolute atomic E-state index is 11.7. The van der Waals surface area contributed by atoms with Crippen molar-refractivity contribution in [2.24, 2.45) is 5.73 Å². The van der Waals surface area contributed by atoms with Crippen molar-refractivity contribution in [1.82, 2.24) is 10.2 Å². The number of hydrogen-bond donors (Lipinski definition) is 2. The quantitative estimate of drug-likeness (QED) is 0.752. The number of hydrogen-bond acceptors (Lipinski definition) is 3. The molecule has 2 aliphatic rings. The zero-order chi connectivity index (χ0) is 11.9. The first-order valence-electron chi connectivity index (χ1n) is 5.77. The summed E-state index contributed by atoms with van der Waals surface area (Å²) in [7, 11) is 0.